The SMILES string of the molecule is COC(=O)c1ccc(C(C)[N+](C)(C)C)o1. The summed E-state index contributed by atoms with van der Waals surface area (Å²) in [7, 11) is 7.56. The molecule has 0 saturated carbocycles. The highest BCUT2D eigenvalue weighted by Crippen LogP contribution is 2.24. The van der Waals surface area contributed by atoms with E-state index in [9.17, 15) is 4.79 Å². The van der Waals surface area contributed by atoms with Crippen molar-refractivity contribution in [3.63, 3.8) is 0 Å². The molecule has 4 nitrogen and oxygen atoms in total. The first-order chi connectivity index (χ1) is 6.86. The van der Waals surface area contributed by atoms with Crippen LogP contribution in [0.25, 0.3) is 0 Å². The zero-order chi connectivity index (χ0) is 11.6. The largest absolute Gasteiger partial charge is 0.463 e. The molecule has 0 N–H and O–H groups in total. The lowest BCUT2D eigenvalue weighted by molar-refractivity contribution is -0.901. The fourth-order valence-electron chi connectivity index (χ4n) is 1.17. The molecule has 0 amide bonds. The number of ether oxygens (including phenoxy) is 1. The third-order valence-electron chi connectivity index (χ3n) is 2.59. The fourth-order valence-corrected chi connectivity index (χ4v) is 1.17. The summed E-state index contributed by atoms with van der Waals surface area (Å²) >= 11 is 0. The van der Waals surface area contributed by atoms with Crippen molar-refractivity contribution in [1.29, 1.82) is 0 Å². The molecular formula is C11H18NO3+. The van der Waals surface area contributed by atoms with Gasteiger partial charge in [0.1, 0.15) is 6.04 Å². The van der Waals surface area contributed by atoms with Gasteiger partial charge in [-0.25, -0.2) is 4.79 Å². The van der Waals surface area contributed by atoms with Crippen LogP contribution in [0.5, 0.6) is 0 Å². The summed E-state index contributed by atoms with van der Waals surface area (Å²) in [5.41, 5.74) is 0. The zero-order valence-electron chi connectivity index (χ0n) is 9.90. The van der Waals surface area contributed by atoms with E-state index >= 15 is 0 Å². The highest BCUT2D eigenvalue weighted by atomic mass is 16.5. The minimum atomic E-state index is -0.435. The van der Waals surface area contributed by atoms with Crippen LogP contribution in [-0.2, 0) is 4.74 Å². The number of esters is 1. The van der Waals surface area contributed by atoms with Crippen LogP contribution in [0.15, 0.2) is 16.5 Å². The Morgan fingerprint density at radius 2 is 2.00 bits per heavy atom. The molecule has 84 valence electrons. The molecule has 0 fully saturated rings. The molecule has 1 aromatic heterocycles. The van der Waals surface area contributed by atoms with Crippen molar-refractivity contribution < 1.29 is 18.4 Å². The van der Waals surface area contributed by atoms with E-state index in [0.29, 0.717) is 0 Å². The number of hydrogen-bond acceptors (Lipinski definition) is 3. The summed E-state index contributed by atoms with van der Waals surface area (Å²) in [5.74, 6) is 0.616. The van der Waals surface area contributed by atoms with Crippen LogP contribution < -0.4 is 0 Å². The number of nitrogens with zero attached hydrogens (tertiary/aromatic N) is 1. The van der Waals surface area contributed by atoms with Crippen molar-refractivity contribution in [2.75, 3.05) is 28.3 Å². The number of rotatable bonds is 3. The quantitative estimate of drug-likeness (QED) is 0.567. The second-order valence-electron chi connectivity index (χ2n) is 4.49. The maximum atomic E-state index is 11.2. The standard InChI is InChI=1S/C11H18NO3/c1-8(12(2,3)4)9-6-7-10(15-9)11(13)14-5/h6-8H,1-5H3/q+1. The summed E-state index contributed by atoms with van der Waals surface area (Å²) in [4.78, 5) is 11.2. The minimum Gasteiger partial charge on any atom is -0.463 e. The molecule has 1 heterocycles. The van der Waals surface area contributed by atoms with Crippen molar-refractivity contribution in [2.24, 2.45) is 0 Å². The van der Waals surface area contributed by atoms with Gasteiger partial charge in [-0.2, -0.15) is 0 Å². The van der Waals surface area contributed by atoms with Crippen molar-refractivity contribution in [3.8, 4) is 0 Å². The predicted octanol–water partition coefficient (Wildman–Crippen LogP) is 1.83. The summed E-state index contributed by atoms with van der Waals surface area (Å²) in [6.45, 7) is 2.06. The van der Waals surface area contributed by atoms with Crippen molar-refractivity contribution in [3.05, 3.63) is 23.7 Å². The van der Waals surface area contributed by atoms with E-state index in [2.05, 4.69) is 32.8 Å². The molecule has 1 rings (SSSR count). The molecular weight excluding hydrogens is 194 g/mol. The first-order valence-corrected chi connectivity index (χ1v) is 4.85. The third kappa shape index (κ3) is 2.59. The van der Waals surface area contributed by atoms with Gasteiger partial charge in [0.05, 0.1) is 28.3 Å². The van der Waals surface area contributed by atoms with Gasteiger partial charge in [0.2, 0.25) is 5.76 Å². The molecule has 0 bridgehead atoms. The van der Waals surface area contributed by atoms with Crippen LogP contribution in [0.3, 0.4) is 0 Å². The van der Waals surface area contributed by atoms with E-state index in [1.807, 2.05) is 6.07 Å². The normalized spacial score (nSPS) is 13.7. The molecule has 15 heavy (non-hydrogen) atoms. The Kier molecular flexibility index (Phi) is 3.19. The lowest BCUT2D eigenvalue weighted by atomic mass is 10.2. The molecule has 4 heteroatoms. The number of methoxy groups -OCH3 is 1. The maximum absolute atomic E-state index is 11.2. The summed E-state index contributed by atoms with van der Waals surface area (Å²) in [5, 5.41) is 0. The summed E-state index contributed by atoms with van der Waals surface area (Å²) in [6, 6.07) is 3.66. The number of hydrogen-bond donors (Lipinski definition) is 0. The van der Waals surface area contributed by atoms with E-state index < -0.39 is 5.97 Å². The third-order valence-corrected chi connectivity index (χ3v) is 2.59. The maximum Gasteiger partial charge on any atom is 0.373 e. The van der Waals surface area contributed by atoms with Gasteiger partial charge in [0.25, 0.3) is 0 Å². The van der Waals surface area contributed by atoms with E-state index in [1.54, 1.807) is 6.07 Å². The van der Waals surface area contributed by atoms with Gasteiger partial charge in [-0.05, 0) is 19.1 Å². The molecule has 0 spiro atoms. The fraction of sp³-hybridized carbons (Fsp3) is 0.545. The molecule has 0 saturated heterocycles. The van der Waals surface area contributed by atoms with Gasteiger partial charge in [0, 0.05) is 0 Å². The Morgan fingerprint density at radius 3 is 2.47 bits per heavy atom. The molecule has 0 radical (unpaired) electrons. The van der Waals surface area contributed by atoms with Crippen LogP contribution >= 0.6 is 0 Å². The summed E-state index contributed by atoms with van der Waals surface area (Å²) < 4.78 is 10.8. The molecule has 0 aliphatic carbocycles. The van der Waals surface area contributed by atoms with E-state index in [1.165, 1.54) is 7.11 Å². The van der Waals surface area contributed by atoms with Gasteiger partial charge >= 0.3 is 5.97 Å². The van der Waals surface area contributed by atoms with Crippen molar-refractivity contribution in [2.45, 2.75) is 13.0 Å². The highest BCUT2D eigenvalue weighted by Gasteiger charge is 2.24. The number of carbonyl (C=O) groups is 1. The first kappa shape index (κ1) is 11.8. The first-order valence-electron chi connectivity index (χ1n) is 4.85. The topological polar surface area (TPSA) is 39.4 Å². The van der Waals surface area contributed by atoms with Gasteiger partial charge < -0.3 is 13.6 Å². The van der Waals surface area contributed by atoms with E-state index in [-0.39, 0.29) is 11.8 Å². The smallest absolute Gasteiger partial charge is 0.373 e. The average Bonchev–Trinajstić information content (AvgIpc) is 2.62. The van der Waals surface area contributed by atoms with Crippen LogP contribution in [0, 0.1) is 0 Å². The van der Waals surface area contributed by atoms with Crippen LogP contribution in [0.1, 0.15) is 29.3 Å². The molecule has 0 aliphatic rings. The van der Waals surface area contributed by atoms with E-state index in [4.69, 9.17) is 4.42 Å². The van der Waals surface area contributed by atoms with Crippen LogP contribution in [0.4, 0.5) is 0 Å². The van der Waals surface area contributed by atoms with Crippen LogP contribution in [0.2, 0.25) is 0 Å². The highest BCUT2D eigenvalue weighted by molar-refractivity contribution is 5.86. The monoisotopic (exact) mass is 212 g/mol. The zero-order valence-corrected chi connectivity index (χ0v) is 9.90. The molecule has 0 aliphatic heterocycles. The molecule has 1 aromatic rings. The molecule has 1 atom stereocenters. The number of furan rings is 1. The Balaban J connectivity index is 2.89. The Hall–Kier alpha value is -1.29. The lowest BCUT2D eigenvalue weighted by Crippen LogP contribution is -2.36. The van der Waals surface area contributed by atoms with Crippen molar-refractivity contribution in [1.82, 2.24) is 0 Å². The van der Waals surface area contributed by atoms with Gasteiger partial charge in [-0.3, -0.25) is 0 Å². The lowest BCUT2D eigenvalue weighted by Gasteiger charge is -2.29. The number of quaternary nitrogens is 1. The second kappa shape index (κ2) is 4.06. The number of carbonyl (C=O) groups excluding carboxylic acids is 1. The summed E-state index contributed by atoms with van der Waals surface area (Å²) in [6.07, 6.45) is 0. The Bertz CT molecular complexity index is 349. The average molecular weight is 212 g/mol. The van der Waals surface area contributed by atoms with Crippen molar-refractivity contribution >= 4 is 5.97 Å². The van der Waals surface area contributed by atoms with Gasteiger partial charge in [-0.15, -0.1) is 0 Å². The van der Waals surface area contributed by atoms with Gasteiger partial charge in [0.15, 0.2) is 5.76 Å². The predicted molar refractivity (Wildman–Crippen MR) is 56.5 cm³/mol. The van der Waals surface area contributed by atoms with E-state index in [0.717, 1.165) is 10.2 Å². The molecule has 0 aromatic carbocycles. The molecule has 1 unspecified atom stereocenters. The second-order valence-corrected chi connectivity index (χ2v) is 4.49. The van der Waals surface area contributed by atoms with Crippen LogP contribution in [-0.4, -0.2) is 38.7 Å². The Morgan fingerprint density at radius 1 is 1.40 bits per heavy atom. The van der Waals surface area contributed by atoms with Gasteiger partial charge in [-0.1, -0.05) is 0 Å². The minimum absolute atomic E-state index is 0.198. The Labute approximate surface area is 90.0 Å².